The van der Waals surface area contributed by atoms with E-state index in [0.29, 0.717) is 0 Å². The van der Waals surface area contributed by atoms with E-state index in [1.165, 1.54) is 22.6 Å². The van der Waals surface area contributed by atoms with E-state index < -0.39 is 11.9 Å². The molecule has 130 valence electrons. The fraction of sp³-hybridized carbons (Fsp3) is 0.0476. The number of benzene rings is 1. The van der Waals surface area contributed by atoms with Gasteiger partial charge in [0.25, 0.3) is 0 Å². The van der Waals surface area contributed by atoms with Crippen molar-refractivity contribution in [2.24, 2.45) is 0 Å². The number of carboxylic acids is 2. The predicted octanol–water partition coefficient (Wildman–Crippen LogP) is 3.24. The summed E-state index contributed by atoms with van der Waals surface area (Å²) in [7, 11) is 0. The zero-order valence-electron chi connectivity index (χ0n) is 14.1. The maximum absolute atomic E-state index is 9.13. The molecular formula is C21H18O4Ti. The normalized spacial score (nSPS) is 9.23. The first-order chi connectivity index (χ1) is 12.5. The van der Waals surface area contributed by atoms with Crippen LogP contribution >= 0.6 is 0 Å². The predicted molar refractivity (Wildman–Crippen MR) is 101 cm³/mol. The molecule has 3 rings (SSSR count). The summed E-state index contributed by atoms with van der Waals surface area (Å²) in [6.07, 6.45) is 18.6. The van der Waals surface area contributed by atoms with E-state index in [1.54, 1.807) is 20.0 Å². The van der Waals surface area contributed by atoms with Crippen molar-refractivity contribution >= 4 is 27.5 Å². The number of rotatable bonds is 0. The minimum atomic E-state index is -1.22. The Hall–Kier alpha value is -3.05. The van der Waals surface area contributed by atoms with Crippen molar-refractivity contribution < 1.29 is 39.8 Å². The SMILES string of the molecule is C#CC(=O)O.C#CC(=O)O.[C-]1=CC=CC1.[CH2]=[Ti+2].c1ccc2[cH-]ccc2c1. The first kappa shape index (κ1) is 25.2. The van der Waals surface area contributed by atoms with Gasteiger partial charge in [0.1, 0.15) is 0 Å². The zero-order chi connectivity index (χ0) is 20.2. The minimum absolute atomic E-state index is 1.01. The van der Waals surface area contributed by atoms with Crippen molar-refractivity contribution in [3.05, 3.63) is 66.8 Å². The molecule has 1 aliphatic carbocycles. The van der Waals surface area contributed by atoms with Crippen LogP contribution in [0.2, 0.25) is 0 Å². The second kappa shape index (κ2) is 18.3. The molecule has 26 heavy (non-hydrogen) atoms. The van der Waals surface area contributed by atoms with Crippen molar-refractivity contribution in [2.75, 3.05) is 0 Å². The van der Waals surface area contributed by atoms with Crippen LogP contribution in [0.4, 0.5) is 0 Å². The summed E-state index contributed by atoms with van der Waals surface area (Å²) in [6.45, 7) is 0. The fourth-order valence-electron chi connectivity index (χ4n) is 1.41. The first-order valence-corrected chi connectivity index (χ1v) is 8.18. The van der Waals surface area contributed by atoms with Crippen molar-refractivity contribution in [3.63, 3.8) is 0 Å². The van der Waals surface area contributed by atoms with Crippen LogP contribution in [0.5, 0.6) is 0 Å². The van der Waals surface area contributed by atoms with Crippen molar-refractivity contribution in [3.8, 4) is 24.7 Å². The molecule has 0 aliphatic heterocycles. The standard InChI is InChI=1S/C9H7.C5H5.2C3H2O2.CH2.Ti/c1-2-5-9-7-3-6-8(9)4-1;1-2-4-5-3-1;2*1-2-3(4)5;;/h1-7H;1-3H,4H2;2*1H,(H,4,5);1H2;/q2*-1;;;;+2. The Morgan fingerprint density at radius 1 is 1.12 bits per heavy atom. The van der Waals surface area contributed by atoms with Gasteiger partial charge in [0.2, 0.25) is 0 Å². The van der Waals surface area contributed by atoms with Gasteiger partial charge < -0.3 is 10.2 Å². The van der Waals surface area contributed by atoms with Gasteiger partial charge in [0.15, 0.2) is 0 Å². The molecule has 0 atom stereocenters. The summed E-state index contributed by atoms with van der Waals surface area (Å²) in [6, 6.07) is 14.7. The number of hydrogen-bond donors (Lipinski definition) is 2. The number of terminal acetylenes is 2. The Morgan fingerprint density at radius 3 is 2.00 bits per heavy atom. The van der Waals surface area contributed by atoms with E-state index in [0.717, 1.165) is 6.42 Å². The molecule has 0 saturated carbocycles. The Kier molecular flexibility index (Phi) is 17.7. The topological polar surface area (TPSA) is 74.6 Å². The zero-order valence-corrected chi connectivity index (χ0v) is 15.6. The number of hydrogen-bond acceptors (Lipinski definition) is 2. The molecule has 0 radical (unpaired) electrons. The quantitative estimate of drug-likeness (QED) is 0.417. The van der Waals surface area contributed by atoms with Gasteiger partial charge in [-0.3, -0.25) is 6.08 Å². The van der Waals surface area contributed by atoms with Gasteiger partial charge in [-0.25, -0.2) is 21.7 Å². The molecule has 0 saturated heterocycles. The van der Waals surface area contributed by atoms with Crippen LogP contribution in [0.3, 0.4) is 0 Å². The molecule has 0 spiro atoms. The van der Waals surface area contributed by atoms with E-state index in [2.05, 4.69) is 72.3 Å². The van der Waals surface area contributed by atoms with Gasteiger partial charge in [-0.1, -0.05) is 6.07 Å². The summed E-state index contributed by atoms with van der Waals surface area (Å²) in [5.74, 6) is 0.454. The Labute approximate surface area is 165 Å². The summed E-state index contributed by atoms with van der Waals surface area (Å²) >= 11 is 1.75. The summed E-state index contributed by atoms with van der Waals surface area (Å²) in [5.41, 5.74) is 0. The van der Waals surface area contributed by atoms with Crippen molar-refractivity contribution in [1.29, 1.82) is 0 Å². The largest absolute Gasteiger partial charge is 0.168 e. The van der Waals surface area contributed by atoms with E-state index in [1.807, 2.05) is 12.2 Å². The van der Waals surface area contributed by atoms with Crippen molar-refractivity contribution in [2.45, 2.75) is 6.42 Å². The molecule has 0 unspecified atom stereocenters. The molecule has 0 amide bonds. The monoisotopic (exact) mass is 382 g/mol. The molecule has 2 aromatic carbocycles. The molecule has 2 aromatic rings. The van der Waals surface area contributed by atoms with Gasteiger partial charge in [-0.05, 0) is 0 Å². The third kappa shape index (κ3) is 15.8. The average Bonchev–Trinajstić information content (AvgIpc) is 3.38. The van der Waals surface area contributed by atoms with E-state index in [-0.39, 0.29) is 0 Å². The molecule has 1 aliphatic rings. The summed E-state index contributed by atoms with van der Waals surface area (Å²) in [4.78, 5) is 21.5. The second-order valence-electron chi connectivity index (χ2n) is 4.06. The van der Waals surface area contributed by atoms with Crippen LogP contribution < -0.4 is 0 Å². The minimum Gasteiger partial charge on any atom is -0.168 e. The van der Waals surface area contributed by atoms with Crippen LogP contribution in [0.1, 0.15) is 6.42 Å². The average molecular weight is 382 g/mol. The maximum Gasteiger partial charge on any atom is -0.0809 e. The molecule has 0 aromatic heterocycles. The number of allylic oxidation sites excluding steroid dienone is 4. The molecule has 2 N–H and O–H groups in total. The first-order valence-electron chi connectivity index (χ1n) is 7.07. The molecular weight excluding hydrogens is 364 g/mol. The van der Waals surface area contributed by atoms with Gasteiger partial charge >= 0.3 is 36.7 Å². The number of fused-ring (bicyclic) bond motifs is 1. The smallest absolute Gasteiger partial charge is 0.0809 e. The van der Waals surface area contributed by atoms with Crippen LogP contribution in [0, 0.1) is 30.8 Å². The van der Waals surface area contributed by atoms with Gasteiger partial charge in [-0.2, -0.15) is 23.6 Å². The number of carbonyl (C=O) groups is 2. The fourth-order valence-corrected chi connectivity index (χ4v) is 1.41. The third-order valence-corrected chi connectivity index (χ3v) is 2.38. The van der Waals surface area contributed by atoms with Gasteiger partial charge in [-0.15, -0.1) is 48.9 Å². The van der Waals surface area contributed by atoms with Gasteiger partial charge in [0, 0.05) is 11.8 Å². The molecule has 0 heterocycles. The summed E-state index contributed by atoms with van der Waals surface area (Å²) < 4.78 is 0. The number of carboxylic acid groups (broad SMARTS) is 2. The number of aliphatic carboxylic acids is 2. The van der Waals surface area contributed by atoms with Crippen LogP contribution in [-0.2, 0) is 29.6 Å². The van der Waals surface area contributed by atoms with E-state index >= 15 is 0 Å². The maximum atomic E-state index is 9.13. The molecule has 4 nitrogen and oxygen atoms in total. The van der Waals surface area contributed by atoms with Gasteiger partial charge in [0.05, 0.1) is 0 Å². The molecule has 0 bridgehead atoms. The van der Waals surface area contributed by atoms with E-state index in [9.17, 15) is 0 Å². The Bertz CT molecular complexity index is 737. The third-order valence-electron chi connectivity index (χ3n) is 2.38. The van der Waals surface area contributed by atoms with Crippen LogP contribution in [-0.4, -0.2) is 27.0 Å². The molecule has 0 fully saturated rings. The van der Waals surface area contributed by atoms with E-state index in [4.69, 9.17) is 19.8 Å². The second-order valence-corrected chi connectivity index (χ2v) is 4.06. The van der Waals surface area contributed by atoms with Crippen LogP contribution in [0.25, 0.3) is 10.8 Å². The van der Waals surface area contributed by atoms with Crippen LogP contribution in [0.15, 0.2) is 60.7 Å². The summed E-state index contributed by atoms with van der Waals surface area (Å²) in [5, 5.41) is 17.6. The Balaban J connectivity index is 0. The Morgan fingerprint density at radius 2 is 1.65 bits per heavy atom. The van der Waals surface area contributed by atoms with Crippen molar-refractivity contribution in [1.82, 2.24) is 0 Å². The molecule has 5 heteroatoms.